The van der Waals surface area contributed by atoms with Gasteiger partial charge in [-0.2, -0.15) is 0 Å². The van der Waals surface area contributed by atoms with E-state index in [0.717, 1.165) is 39.0 Å². The molecule has 1 aromatic carbocycles. The maximum absolute atomic E-state index is 5.63. The predicted octanol–water partition coefficient (Wildman–Crippen LogP) is 3.66. The molecule has 1 N–H and O–H groups in total. The van der Waals surface area contributed by atoms with E-state index >= 15 is 0 Å². The summed E-state index contributed by atoms with van der Waals surface area (Å²) < 4.78 is 5.63. The minimum atomic E-state index is 0.551. The molecular weight excluding hydrogens is 234 g/mol. The average Bonchev–Trinajstić information content (AvgIpc) is 2.41. The monoisotopic (exact) mass is 263 g/mol. The second-order valence-corrected chi connectivity index (χ2v) is 5.52. The van der Waals surface area contributed by atoms with E-state index < -0.39 is 0 Å². The normalized spacial score (nSPS) is 12.8. The standard InChI is InChI=1S/C17H29NO/c1-4-11-19-12-10-17(14-18-15(2)3)13-16-8-6-5-7-9-16/h5-9,15,17-18H,4,10-14H2,1-3H3. The molecule has 0 radical (unpaired) electrons. The zero-order valence-electron chi connectivity index (χ0n) is 12.7. The number of benzene rings is 1. The third-order valence-corrected chi connectivity index (χ3v) is 3.20. The van der Waals surface area contributed by atoms with Crippen LogP contribution >= 0.6 is 0 Å². The fraction of sp³-hybridized carbons (Fsp3) is 0.647. The number of ether oxygens (including phenoxy) is 1. The van der Waals surface area contributed by atoms with Crippen LogP contribution in [0, 0.1) is 5.92 Å². The van der Waals surface area contributed by atoms with Crippen molar-refractivity contribution in [2.75, 3.05) is 19.8 Å². The van der Waals surface area contributed by atoms with Crippen LogP contribution in [-0.4, -0.2) is 25.8 Å². The van der Waals surface area contributed by atoms with E-state index in [1.165, 1.54) is 5.56 Å². The summed E-state index contributed by atoms with van der Waals surface area (Å²) in [5.74, 6) is 0.654. The number of rotatable bonds is 10. The molecule has 1 rings (SSSR count). The van der Waals surface area contributed by atoms with Crippen LogP contribution in [0.15, 0.2) is 30.3 Å². The van der Waals surface area contributed by atoms with Gasteiger partial charge < -0.3 is 10.1 Å². The van der Waals surface area contributed by atoms with Gasteiger partial charge in [0.15, 0.2) is 0 Å². The first kappa shape index (κ1) is 16.2. The Balaban J connectivity index is 2.39. The molecule has 1 aromatic rings. The molecule has 0 saturated heterocycles. The quantitative estimate of drug-likeness (QED) is 0.650. The van der Waals surface area contributed by atoms with Crippen molar-refractivity contribution in [3.63, 3.8) is 0 Å². The van der Waals surface area contributed by atoms with E-state index in [9.17, 15) is 0 Å². The molecule has 2 heteroatoms. The van der Waals surface area contributed by atoms with E-state index in [4.69, 9.17) is 4.74 Å². The molecule has 0 aromatic heterocycles. The summed E-state index contributed by atoms with van der Waals surface area (Å²) in [4.78, 5) is 0. The Morgan fingerprint density at radius 1 is 1.11 bits per heavy atom. The van der Waals surface area contributed by atoms with Gasteiger partial charge in [-0.05, 0) is 37.3 Å². The molecule has 19 heavy (non-hydrogen) atoms. The second kappa shape index (κ2) is 9.99. The van der Waals surface area contributed by atoms with Crippen LogP contribution in [0.25, 0.3) is 0 Å². The minimum absolute atomic E-state index is 0.551. The molecule has 0 heterocycles. The molecule has 0 fully saturated rings. The summed E-state index contributed by atoms with van der Waals surface area (Å²) >= 11 is 0. The van der Waals surface area contributed by atoms with Crippen molar-refractivity contribution in [2.24, 2.45) is 5.92 Å². The van der Waals surface area contributed by atoms with E-state index in [-0.39, 0.29) is 0 Å². The lowest BCUT2D eigenvalue weighted by atomic mass is 9.96. The molecule has 2 nitrogen and oxygen atoms in total. The topological polar surface area (TPSA) is 21.3 Å². The summed E-state index contributed by atoms with van der Waals surface area (Å²) in [6.45, 7) is 9.39. The van der Waals surface area contributed by atoms with Crippen LogP contribution in [0.3, 0.4) is 0 Å². The third kappa shape index (κ3) is 8.02. The highest BCUT2D eigenvalue weighted by atomic mass is 16.5. The molecule has 0 bridgehead atoms. The largest absolute Gasteiger partial charge is 0.381 e. The molecule has 0 spiro atoms. The van der Waals surface area contributed by atoms with Crippen molar-refractivity contribution < 1.29 is 4.74 Å². The highest BCUT2D eigenvalue weighted by Crippen LogP contribution is 2.12. The molecule has 0 amide bonds. The Labute approximate surface area is 118 Å². The molecule has 0 saturated carbocycles. The van der Waals surface area contributed by atoms with Gasteiger partial charge in [0.1, 0.15) is 0 Å². The molecule has 0 aliphatic heterocycles. The van der Waals surface area contributed by atoms with Crippen molar-refractivity contribution in [3.05, 3.63) is 35.9 Å². The summed E-state index contributed by atoms with van der Waals surface area (Å²) in [5, 5.41) is 3.55. The fourth-order valence-electron chi connectivity index (χ4n) is 2.12. The lowest BCUT2D eigenvalue weighted by Gasteiger charge is -2.19. The van der Waals surface area contributed by atoms with E-state index in [1.807, 2.05) is 0 Å². The van der Waals surface area contributed by atoms with Gasteiger partial charge >= 0.3 is 0 Å². The Morgan fingerprint density at radius 2 is 1.84 bits per heavy atom. The van der Waals surface area contributed by atoms with Gasteiger partial charge in [-0.25, -0.2) is 0 Å². The zero-order valence-corrected chi connectivity index (χ0v) is 12.7. The Hall–Kier alpha value is -0.860. The highest BCUT2D eigenvalue weighted by Gasteiger charge is 2.10. The van der Waals surface area contributed by atoms with Gasteiger partial charge in [0.05, 0.1) is 0 Å². The van der Waals surface area contributed by atoms with Gasteiger partial charge in [-0.15, -0.1) is 0 Å². The molecule has 0 aliphatic rings. The van der Waals surface area contributed by atoms with Crippen LogP contribution in [0.1, 0.15) is 39.2 Å². The van der Waals surface area contributed by atoms with E-state index in [0.29, 0.717) is 12.0 Å². The second-order valence-electron chi connectivity index (χ2n) is 5.52. The van der Waals surface area contributed by atoms with E-state index in [2.05, 4.69) is 56.4 Å². The molecule has 108 valence electrons. The lowest BCUT2D eigenvalue weighted by molar-refractivity contribution is 0.120. The average molecular weight is 263 g/mol. The van der Waals surface area contributed by atoms with Gasteiger partial charge in [0.25, 0.3) is 0 Å². The van der Waals surface area contributed by atoms with E-state index in [1.54, 1.807) is 0 Å². The van der Waals surface area contributed by atoms with Gasteiger partial charge in [-0.1, -0.05) is 51.1 Å². The van der Waals surface area contributed by atoms with Crippen molar-refractivity contribution in [3.8, 4) is 0 Å². The first-order valence-corrected chi connectivity index (χ1v) is 7.57. The Morgan fingerprint density at radius 3 is 2.47 bits per heavy atom. The minimum Gasteiger partial charge on any atom is -0.381 e. The zero-order chi connectivity index (χ0) is 13.9. The smallest absolute Gasteiger partial charge is 0.0469 e. The first-order chi connectivity index (χ1) is 9.22. The fourth-order valence-corrected chi connectivity index (χ4v) is 2.12. The first-order valence-electron chi connectivity index (χ1n) is 7.57. The summed E-state index contributed by atoms with van der Waals surface area (Å²) in [6.07, 6.45) is 3.37. The molecule has 1 unspecified atom stereocenters. The van der Waals surface area contributed by atoms with Crippen LogP contribution < -0.4 is 5.32 Å². The Kier molecular flexibility index (Phi) is 8.52. The molecular formula is C17H29NO. The van der Waals surface area contributed by atoms with Crippen molar-refractivity contribution >= 4 is 0 Å². The Bertz CT molecular complexity index is 310. The van der Waals surface area contributed by atoms with Gasteiger partial charge in [-0.3, -0.25) is 0 Å². The van der Waals surface area contributed by atoms with Crippen molar-refractivity contribution in [2.45, 2.75) is 46.1 Å². The summed E-state index contributed by atoms with van der Waals surface area (Å²) in [6, 6.07) is 11.3. The maximum atomic E-state index is 5.63. The van der Waals surface area contributed by atoms with Gasteiger partial charge in [0.2, 0.25) is 0 Å². The number of nitrogens with one attached hydrogen (secondary N) is 1. The summed E-state index contributed by atoms with van der Waals surface area (Å²) in [7, 11) is 0. The number of hydrogen-bond acceptors (Lipinski definition) is 2. The molecule has 1 atom stereocenters. The highest BCUT2D eigenvalue weighted by molar-refractivity contribution is 5.15. The van der Waals surface area contributed by atoms with Crippen LogP contribution in [0.2, 0.25) is 0 Å². The lowest BCUT2D eigenvalue weighted by Crippen LogP contribution is -2.30. The van der Waals surface area contributed by atoms with Crippen molar-refractivity contribution in [1.82, 2.24) is 5.32 Å². The maximum Gasteiger partial charge on any atom is 0.0469 e. The summed E-state index contributed by atoms with van der Waals surface area (Å²) in [5.41, 5.74) is 1.42. The SMILES string of the molecule is CCCOCCC(CNC(C)C)Cc1ccccc1. The van der Waals surface area contributed by atoms with Crippen LogP contribution in [0.5, 0.6) is 0 Å². The van der Waals surface area contributed by atoms with Crippen LogP contribution in [0.4, 0.5) is 0 Å². The molecule has 0 aliphatic carbocycles. The third-order valence-electron chi connectivity index (χ3n) is 3.20. The van der Waals surface area contributed by atoms with Crippen molar-refractivity contribution in [1.29, 1.82) is 0 Å². The van der Waals surface area contributed by atoms with Crippen LogP contribution in [-0.2, 0) is 11.2 Å². The van der Waals surface area contributed by atoms with Gasteiger partial charge in [0, 0.05) is 19.3 Å². The predicted molar refractivity (Wildman–Crippen MR) is 82.5 cm³/mol. The number of hydrogen-bond donors (Lipinski definition) is 1.